The second-order valence-corrected chi connectivity index (χ2v) is 6.48. The predicted molar refractivity (Wildman–Crippen MR) is 104 cm³/mol. The monoisotopic (exact) mass is 414 g/mol. The molecule has 0 unspecified atom stereocenters. The average Bonchev–Trinajstić information content (AvgIpc) is 2.96. The molecule has 1 aliphatic heterocycles. The van der Waals surface area contributed by atoms with Crippen LogP contribution in [0.1, 0.15) is 26.3 Å². The van der Waals surface area contributed by atoms with Gasteiger partial charge < -0.3 is 15.5 Å². The number of hydrogen-bond acceptors (Lipinski definition) is 6. The van der Waals surface area contributed by atoms with E-state index < -0.39 is 23.6 Å². The first-order chi connectivity index (χ1) is 13.8. The van der Waals surface area contributed by atoms with Gasteiger partial charge in [0.15, 0.2) is 5.78 Å². The van der Waals surface area contributed by atoms with Gasteiger partial charge >= 0.3 is 5.97 Å². The van der Waals surface area contributed by atoms with Crippen molar-refractivity contribution in [2.24, 2.45) is 0 Å². The highest BCUT2D eigenvalue weighted by molar-refractivity contribution is 6.34. The smallest absolute Gasteiger partial charge is 0.336 e. The number of anilines is 1. The molecule has 29 heavy (non-hydrogen) atoms. The molecule has 1 heterocycles. The van der Waals surface area contributed by atoms with E-state index in [0.29, 0.717) is 0 Å². The zero-order chi connectivity index (χ0) is 21.1. The highest BCUT2D eigenvalue weighted by Crippen LogP contribution is 2.27. The van der Waals surface area contributed by atoms with Gasteiger partial charge in [0.05, 0.1) is 29.4 Å². The molecule has 9 heteroatoms. The number of nitrogens with zero attached hydrogens (tertiary/aromatic N) is 1. The van der Waals surface area contributed by atoms with Crippen molar-refractivity contribution in [2.75, 3.05) is 18.5 Å². The second kappa shape index (κ2) is 8.26. The van der Waals surface area contributed by atoms with Crippen molar-refractivity contribution >= 4 is 40.9 Å². The van der Waals surface area contributed by atoms with E-state index in [4.69, 9.17) is 16.7 Å². The Bertz CT molecular complexity index is 1060. The summed E-state index contributed by atoms with van der Waals surface area (Å²) < 4.78 is 0. The summed E-state index contributed by atoms with van der Waals surface area (Å²) in [4.78, 5) is 49.2. The third-order valence-corrected chi connectivity index (χ3v) is 4.56. The summed E-state index contributed by atoms with van der Waals surface area (Å²) in [6.07, 6.45) is 1.07. The summed E-state index contributed by atoms with van der Waals surface area (Å²) in [5.41, 5.74) is 0.161. The highest BCUT2D eigenvalue weighted by Gasteiger charge is 2.31. The van der Waals surface area contributed by atoms with Crippen molar-refractivity contribution in [1.29, 1.82) is 0 Å². The molecule has 0 fully saturated rings. The van der Waals surface area contributed by atoms with Crippen LogP contribution in [0.4, 0.5) is 5.69 Å². The van der Waals surface area contributed by atoms with Gasteiger partial charge in [-0.3, -0.25) is 19.3 Å². The maximum absolute atomic E-state index is 12.8. The van der Waals surface area contributed by atoms with Crippen molar-refractivity contribution in [3.63, 3.8) is 0 Å². The third-order valence-electron chi connectivity index (χ3n) is 4.23. The first-order valence-electron chi connectivity index (χ1n) is 8.45. The normalized spacial score (nSPS) is 13.4. The number of hydrogen-bond donors (Lipinski definition) is 3. The fourth-order valence-electron chi connectivity index (χ4n) is 2.84. The van der Waals surface area contributed by atoms with Crippen LogP contribution in [0.5, 0.6) is 0 Å². The van der Waals surface area contributed by atoms with Gasteiger partial charge in [0.1, 0.15) is 5.70 Å². The van der Waals surface area contributed by atoms with Gasteiger partial charge in [0, 0.05) is 17.2 Å². The lowest BCUT2D eigenvalue weighted by Gasteiger charge is -2.14. The fourth-order valence-corrected chi connectivity index (χ4v) is 3.01. The Hall–Kier alpha value is -3.49. The number of β-amino-alcohol motifs (C(OH)–C–C–N with tert-alkyl or cyclic N) is 1. The van der Waals surface area contributed by atoms with E-state index in [0.717, 1.165) is 11.0 Å². The Morgan fingerprint density at radius 3 is 2.41 bits per heavy atom. The molecule has 3 N–H and O–H groups in total. The zero-order valence-electron chi connectivity index (χ0n) is 14.9. The lowest BCUT2D eigenvalue weighted by Crippen LogP contribution is -2.34. The predicted octanol–water partition coefficient (Wildman–Crippen LogP) is 1.93. The summed E-state index contributed by atoms with van der Waals surface area (Å²) in [6, 6.07) is 10.0. The number of amides is 2. The minimum atomic E-state index is -1.23. The van der Waals surface area contributed by atoms with Crippen LogP contribution in [0, 0.1) is 0 Å². The van der Waals surface area contributed by atoms with Crippen LogP contribution in [0.15, 0.2) is 54.2 Å². The number of aliphatic hydroxyl groups is 1. The number of aliphatic hydroxyl groups excluding tert-OH is 1. The van der Waals surface area contributed by atoms with Crippen LogP contribution in [0.25, 0.3) is 0 Å². The molecule has 0 spiro atoms. The summed E-state index contributed by atoms with van der Waals surface area (Å²) in [6.45, 7) is -0.510. The molecule has 1 aliphatic rings. The van der Waals surface area contributed by atoms with Crippen molar-refractivity contribution in [2.45, 2.75) is 0 Å². The standard InChI is InChI=1S/C20H15ClN2O6/c21-14-6-5-11(18(26)12-3-1-2-4-13(12)20(28)29)9-15(14)22-16-10-17(25)23(7-8-24)19(16)27/h1-6,9-10,22,24H,7-8H2,(H,28,29). The van der Waals surface area contributed by atoms with Gasteiger partial charge in [-0.25, -0.2) is 4.79 Å². The van der Waals surface area contributed by atoms with Crippen LogP contribution < -0.4 is 5.32 Å². The lowest BCUT2D eigenvalue weighted by molar-refractivity contribution is -0.137. The van der Waals surface area contributed by atoms with Crippen molar-refractivity contribution < 1.29 is 29.4 Å². The topological polar surface area (TPSA) is 124 Å². The molecule has 0 radical (unpaired) electrons. The minimum Gasteiger partial charge on any atom is -0.478 e. The maximum atomic E-state index is 12.8. The van der Waals surface area contributed by atoms with E-state index in [1.807, 2.05) is 0 Å². The van der Waals surface area contributed by atoms with E-state index >= 15 is 0 Å². The van der Waals surface area contributed by atoms with Gasteiger partial charge in [-0.2, -0.15) is 0 Å². The quantitative estimate of drug-likeness (QED) is 0.467. The number of nitrogens with one attached hydrogen (secondary N) is 1. The summed E-state index contributed by atoms with van der Waals surface area (Å²) in [5, 5.41) is 21.2. The summed E-state index contributed by atoms with van der Waals surface area (Å²) in [7, 11) is 0. The first-order valence-corrected chi connectivity index (χ1v) is 8.83. The second-order valence-electron chi connectivity index (χ2n) is 6.08. The molecular formula is C20H15ClN2O6. The fraction of sp³-hybridized carbons (Fsp3) is 0.100. The molecule has 3 rings (SSSR count). The number of aromatic carboxylic acids is 1. The molecule has 2 aromatic carbocycles. The van der Waals surface area contributed by atoms with E-state index in [1.165, 1.54) is 36.4 Å². The SMILES string of the molecule is O=C(O)c1ccccc1C(=O)c1ccc(Cl)c(NC2=CC(=O)N(CCO)C2=O)c1. The largest absolute Gasteiger partial charge is 0.478 e. The van der Waals surface area contributed by atoms with E-state index in [9.17, 15) is 24.3 Å². The van der Waals surface area contributed by atoms with Crippen LogP contribution in [-0.2, 0) is 9.59 Å². The van der Waals surface area contributed by atoms with Crippen LogP contribution in [0.2, 0.25) is 5.02 Å². The van der Waals surface area contributed by atoms with Gasteiger partial charge in [0.25, 0.3) is 11.8 Å². The molecular weight excluding hydrogens is 400 g/mol. The molecule has 0 bridgehead atoms. The number of carboxylic acids is 1. The third kappa shape index (κ3) is 4.03. The zero-order valence-corrected chi connectivity index (χ0v) is 15.6. The van der Waals surface area contributed by atoms with Crippen molar-refractivity contribution in [3.05, 3.63) is 76.0 Å². The number of carbonyl (C=O) groups excluding carboxylic acids is 3. The Balaban J connectivity index is 1.91. The molecule has 2 aromatic rings. The number of rotatable bonds is 7. The van der Waals surface area contributed by atoms with Gasteiger partial charge in [-0.05, 0) is 24.3 Å². The van der Waals surface area contributed by atoms with Gasteiger partial charge in [-0.15, -0.1) is 0 Å². The molecule has 0 atom stereocenters. The Morgan fingerprint density at radius 2 is 1.76 bits per heavy atom. The molecule has 8 nitrogen and oxygen atoms in total. The number of carbonyl (C=O) groups is 4. The summed E-state index contributed by atoms with van der Waals surface area (Å²) in [5.74, 6) is -2.98. The summed E-state index contributed by atoms with van der Waals surface area (Å²) >= 11 is 6.14. The van der Waals surface area contributed by atoms with E-state index in [2.05, 4.69) is 5.32 Å². The Kier molecular flexibility index (Phi) is 5.76. The Labute approximate surface area is 170 Å². The maximum Gasteiger partial charge on any atom is 0.336 e. The molecule has 0 aromatic heterocycles. The minimum absolute atomic E-state index is 0.00808. The van der Waals surface area contributed by atoms with Gasteiger partial charge in [0.2, 0.25) is 0 Å². The molecule has 0 aliphatic carbocycles. The van der Waals surface area contributed by atoms with Crippen LogP contribution >= 0.6 is 11.6 Å². The molecule has 0 saturated heterocycles. The van der Waals surface area contributed by atoms with E-state index in [-0.39, 0.29) is 46.2 Å². The first kappa shape index (κ1) is 20.2. The Morgan fingerprint density at radius 1 is 1.07 bits per heavy atom. The number of carboxylic acid groups (broad SMARTS) is 1. The number of benzene rings is 2. The van der Waals surface area contributed by atoms with Crippen LogP contribution in [-0.4, -0.2) is 51.8 Å². The average molecular weight is 415 g/mol. The van der Waals surface area contributed by atoms with Gasteiger partial charge in [-0.1, -0.05) is 29.8 Å². The number of halogens is 1. The van der Waals surface area contributed by atoms with Crippen LogP contribution in [0.3, 0.4) is 0 Å². The molecule has 148 valence electrons. The highest BCUT2D eigenvalue weighted by atomic mass is 35.5. The van der Waals surface area contributed by atoms with Crippen molar-refractivity contribution in [1.82, 2.24) is 4.90 Å². The van der Waals surface area contributed by atoms with E-state index in [1.54, 1.807) is 6.07 Å². The lowest BCUT2D eigenvalue weighted by atomic mass is 9.98. The molecule has 2 amide bonds. The molecule has 0 saturated carbocycles. The number of ketones is 1. The van der Waals surface area contributed by atoms with Crippen molar-refractivity contribution in [3.8, 4) is 0 Å². The number of imide groups is 1.